The summed E-state index contributed by atoms with van der Waals surface area (Å²) in [4.78, 5) is 8.40. The Labute approximate surface area is 147 Å². The van der Waals surface area contributed by atoms with Crippen molar-refractivity contribution in [2.45, 2.75) is 44.9 Å². The third kappa shape index (κ3) is 2.67. The summed E-state index contributed by atoms with van der Waals surface area (Å²) in [6.07, 6.45) is 7.25. The maximum Gasteiger partial charge on any atom is 0.175 e. The maximum atomic E-state index is 2.83. The van der Waals surface area contributed by atoms with E-state index in [0.717, 1.165) is 12.3 Å². The van der Waals surface area contributed by atoms with Crippen molar-refractivity contribution in [2.75, 3.05) is 58.9 Å². The second-order valence-electron chi connectivity index (χ2n) is 7.39. The number of unbranched alkanes of at least 4 members (excludes halogenated alkanes) is 3. The van der Waals surface area contributed by atoms with Crippen molar-refractivity contribution in [2.24, 2.45) is 0 Å². The first-order valence-corrected chi connectivity index (χ1v) is 8.92. The van der Waals surface area contributed by atoms with Crippen LogP contribution in [0.4, 0.5) is 0 Å². The second-order valence-corrected chi connectivity index (χ2v) is 7.39. The van der Waals surface area contributed by atoms with Crippen LogP contribution in [-0.4, -0.2) is 90.4 Å². The topological polar surface area (TPSA) is 9.72 Å². The lowest BCUT2D eigenvalue weighted by atomic mass is 10.1. The lowest BCUT2D eigenvalue weighted by Crippen LogP contribution is -3.00. The molecule has 0 spiro atoms. The Morgan fingerprint density at radius 3 is 2.14 bits per heavy atom. The number of piperazine rings is 2. The fraction of sp³-hybridized carbons (Fsp3) is 1.00. The summed E-state index contributed by atoms with van der Waals surface area (Å²) in [6, 6.07) is 0. The summed E-state index contributed by atoms with van der Waals surface area (Å²) in [5.41, 5.74) is 0. The molecule has 0 aromatic carbocycles. The lowest BCUT2D eigenvalue weighted by molar-refractivity contribution is -0.954. The van der Waals surface area contributed by atoms with Crippen LogP contribution in [0.3, 0.4) is 0 Å². The van der Waals surface area contributed by atoms with Crippen molar-refractivity contribution in [1.29, 1.82) is 0 Å². The van der Waals surface area contributed by atoms with E-state index < -0.39 is 0 Å². The predicted octanol–water partition coefficient (Wildman–Crippen LogP) is -2.00. The van der Waals surface area contributed by atoms with Crippen molar-refractivity contribution < 1.29 is 28.5 Å². The van der Waals surface area contributed by atoms with Gasteiger partial charge in [-0.3, -0.25) is 9.80 Å². The molecule has 21 heavy (non-hydrogen) atoms. The van der Waals surface area contributed by atoms with Gasteiger partial charge in [0.25, 0.3) is 0 Å². The molecule has 0 aromatic rings. The van der Waals surface area contributed by atoms with E-state index in [1.807, 2.05) is 0 Å². The molecule has 3 atom stereocenters. The van der Waals surface area contributed by atoms with Crippen LogP contribution in [0.25, 0.3) is 0 Å². The van der Waals surface area contributed by atoms with Crippen LogP contribution in [0.1, 0.15) is 32.6 Å². The van der Waals surface area contributed by atoms with Gasteiger partial charge < -0.3 is 28.5 Å². The first-order chi connectivity index (χ1) is 9.84. The number of quaternary nitrogens is 1. The Morgan fingerprint density at radius 1 is 0.810 bits per heavy atom. The van der Waals surface area contributed by atoms with Crippen LogP contribution in [0.2, 0.25) is 0 Å². The van der Waals surface area contributed by atoms with E-state index in [1.165, 1.54) is 89.1 Å². The minimum Gasteiger partial charge on any atom is -1.00 e. The van der Waals surface area contributed by atoms with Gasteiger partial charge in [0.1, 0.15) is 6.17 Å². The molecule has 4 fully saturated rings. The summed E-state index contributed by atoms with van der Waals surface area (Å²) in [5, 5.41) is 0. The Bertz CT molecular complexity index is 360. The van der Waals surface area contributed by atoms with Gasteiger partial charge in [0.05, 0.1) is 26.2 Å². The van der Waals surface area contributed by atoms with Gasteiger partial charge in [-0.2, -0.15) is 0 Å². The molecule has 0 bridgehead atoms. The third-order valence-corrected chi connectivity index (χ3v) is 6.42. The highest BCUT2D eigenvalue weighted by Crippen LogP contribution is 2.39. The Balaban J connectivity index is 0.00000132. The van der Waals surface area contributed by atoms with Crippen LogP contribution in [-0.2, 0) is 0 Å². The minimum absolute atomic E-state index is 0. The average Bonchev–Trinajstić information content (AvgIpc) is 3.04. The van der Waals surface area contributed by atoms with Gasteiger partial charge in [0.2, 0.25) is 0 Å². The molecule has 122 valence electrons. The highest BCUT2D eigenvalue weighted by atomic mass is 127. The van der Waals surface area contributed by atoms with Crippen LogP contribution < -0.4 is 24.0 Å². The van der Waals surface area contributed by atoms with Crippen molar-refractivity contribution >= 4 is 0 Å². The van der Waals surface area contributed by atoms with Crippen molar-refractivity contribution in [3.8, 4) is 0 Å². The lowest BCUT2D eigenvalue weighted by Gasteiger charge is -2.54. The molecule has 5 heteroatoms. The molecule has 0 amide bonds. The van der Waals surface area contributed by atoms with Crippen LogP contribution >= 0.6 is 0 Å². The molecular weight excluding hydrogens is 375 g/mol. The number of nitrogens with zero attached hydrogens (tertiary/aromatic N) is 4. The molecule has 4 aliphatic heterocycles. The van der Waals surface area contributed by atoms with E-state index in [1.54, 1.807) is 0 Å². The summed E-state index contributed by atoms with van der Waals surface area (Å²) in [5.74, 6) is 0. The molecule has 0 N–H and O–H groups in total. The zero-order valence-electron chi connectivity index (χ0n) is 13.5. The first-order valence-electron chi connectivity index (χ1n) is 8.92. The average molecular weight is 406 g/mol. The normalized spacial score (nSPS) is 39.3. The van der Waals surface area contributed by atoms with E-state index in [0.29, 0.717) is 0 Å². The SMILES string of the molecule is CCCCCC[N+]12CCN3CCN4CCN(CC1)C2C43.[I-]. The predicted molar refractivity (Wildman–Crippen MR) is 81.3 cm³/mol. The third-order valence-electron chi connectivity index (χ3n) is 6.42. The Kier molecular flexibility index (Phi) is 5.16. The van der Waals surface area contributed by atoms with Crippen molar-refractivity contribution in [3.05, 3.63) is 0 Å². The fourth-order valence-electron chi connectivity index (χ4n) is 5.31. The van der Waals surface area contributed by atoms with Gasteiger partial charge in [0.15, 0.2) is 6.17 Å². The van der Waals surface area contributed by atoms with Gasteiger partial charge in [-0.25, -0.2) is 4.90 Å². The molecule has 4 rings (SSSR count). The van der Waals surface area contributed by atoms with Gasteiger partial charge in [-0.15, -0.1) is 0 Å². The Morgan fingerprint density at radius 2 is 1.43 bits per heavy atom. The smallest absolute Gasteiger partial charge is 0.175 e. The number of hydrogen-bond donors (Lipinski definition) is 0. The highest BCUT2D eigenvalue weighted by Gasteiger charge is 2.59. The monoisotopic (exact) mass is 406 g/mol. The summed E-state index contributed by atoms with van der Waals surface area (Å²) in [7, 11) is 0. The molecule has 3 unspecified atom stereocenters. The number of rotatable bonds is 5. The fourth-order valence-corrected chi connectivity index (χ4v) is 5.31. The van der Waals surface area contributed by atoms with Gasteiger partial charge in [-0.05, 0) is 12.8 Å². The van der Waals surface area contributed by atoms with Crippen LogP contribution in [0.5, 0.6) is 0 Å². The molecule has 4 aliphatic rings. The van der Waals surface area contributed by atoms with Gasteiger partial charge >= 0.3 is 0 Å². The van der Waals surface area contributed by atoms with E-state index >= 15 is 0 Å². The summed E-state index contributed by atoms with van der Waals surface area (Å²) in [6.45, 7) is 14.6. The van der Waals surface area contributed by atoms with E-state index in [9.17, 15) is 0 Å². The molecule has 4 nitrogen and oxygen atoms in total. The van der Waals surface area contributed by atoms with E-state index in [-0.39, 0.29) is 24.0 Å². The second kappa shape index (κ2) is 6.59. The van der Waals surface area contributed by atoms with Gasteiger partial charge in [-0.1, -0.05) is 19.8 Å². The summed E-state index contributed by atoms with van der Waals surface area (Å²) >= 11 is 0. The molecule has 0 saturated carbocycles. The molecule has 0 aromatic heterocycles. The largest absolute Gasteiger partial charge is 1.00 e. The van der Waals surface area contributed by atoms with Crippen LogP contribution in [0, 0.1) is 0 Å². The molecule has 0 aliphatic carbocycles. The van der Waals surface area contributed by atoms with Crippen LogP contribution in [0.15, 0.2) is 0 Å². The Hall–Kier alpha value is 0.570. The minimum atomic E-state index is 0. The van der Waals surface area contributed by atoms with E-state index in [4.69, 9.17) is 0 Å². The number of hydrogen-bond acceptors (Lipinski definition) is 3. The zero-order valence-corrected chi connectivity index (χ0v) is 15.7. The maximum absolute atomic E-state index is 2.83. The van der Waals surface area contributed by atoms with Crippen molar-refractivity contribution in [3.63, 3.8) is 0 Å². The molecular formula is C16H31IN4. The molecule has 0 radical (unpaired) electrons. The summed E-state index contributed by atoms with van der Waals surface area (Å²) < 4.78 is 1.43. The number of halogens is 1. The first kappa shape index (κ1) is 16.4. The quantitative estimate of drug-likeness (QED) is 0.297. The molecule has 4 saturated heterocycles. The van der Waals surface area contributed by atoms with Crippen molar-refractivity contribution in [1.82, 2.24) is 14.7 Å². The molecule has 4 heterocycles. The van der Waals surface area contributed by atoms with Gasteiger partial charge in [0, 0.05) is 32.7 Å². The zero-order chi connectivity index (χ0) is 13.6. The highest BCUT2D eigenvalue weighted by molar-refractivity contribution is 4.97. The van der Waals surface area contributed by atoms with E-state index in [2.05, 4.69) is 21.6 Å². The standard InChI is InChI=1S/C16H31N4.HI/c1-2-3-4-5-12-20-13-10-18-7-6-17-8-9-19(11-14-20)16(20)15(17)18;/h15-16H,2-14H2,1H3;1H/q+1;/p-1.